The van der Waals surface area contributed by atoms with Gasteiger partial charge in [-0.1, -0.05) is 18.2 Å². The van der Waals surface area contributed by atoms with Crippen LogP contribution in [0.15, 0.2) is 63.3 Å². The van der Waals surface area contributed by atoms with Crippen LogP contribution in [0, 0.1) is 0 Å². The van der Waals surface area contributed by atoms with E-state index in [4.69, 9.17) is 5.14 Å². The highest BCUT2D eigenvalue weighted by atomic mass is 32.2. The molecule has 2 heterocycles. The van der Waals surface area contributed by atoms with Crippen LogP contribution in [-0.4, -0.2) is 32.4 Å². The predicted octanol–water partition coefficient (Wildman–Crippen LogP) is 1.57. The summed E-state index contributed by atoms with van der Waals surface area (Å²) in [6, 6.07) is 12.9. The summed E-state index contributed by atoms with van der Waals surface area (Å²) in [4.78, 5) is 31.2. The molecule has 1 fully saturated rings. The first-order valence-electron chi connectivity index (χ1n) is 8.08. The number of fused-ring (bicyclic) bond motifs is 1. The minimum atomic E-state index is -3.79. The fraction of sp³-hybridized carbons (Fsp3) is 0.0556. The Bertz CT molecular complexity index is 1180. The van der Waals surface area contributed by atoms with Gasteiger partial charge in [0, 0.05) is 12.6 Å². The standard InChI is InChI=1S/C18H14N4O4S2/c1-22-13-5-3-2-4-12(13)14(17(22)24)15-16(23)21-18(27-15)20-10-6-8-11(9-7-10)28(19,25)26/h2-9H,1H3,(H2,19,25,26)(H,20,21,23)/b15-14-. The van der Waals surface area contributed by atoms with Gasteiger partial charge in [0.15, 0.2) is 5.17 Å². The molecule has 0 radical (unpaired) electrons. The summed E-state index contributed by atoms with van der Waals surface area (Å²) < 4.78 is 22.6. The van der Waals surface area contributed by atoms with Gasteiger partial charge in [-0.2, -0.15) is 0 Å². The molecular formula is C18H14N4O4S2. The lowest BCUT2D eigenvalue weighted by Crippen LogP contribution is -2.23. The molecule has 10 heteroatoms. The normalized spacial score (nSPS) is 20.6. The second-order valence-electron chi connectivity index (χ2n) is 6.10. The van der Waals surface area contributed by atoms with E-state index in [1.165, 1.54) is 29.2 Å². The number of para-hydroxylation sites is 1. The zero-order valence-electron chi connectivity index (χ0n) is 14.5. The van der Waals surface area contributed by atoms with Crippen molar-refractivity contribution in [1.82, 2.24) is 5.32 Å². The minimum Gasteiger partial charge on any atom is -0.311 e. The van der Waals surface area contributed by atoms with E-state index in [1.807, 2.05) is 18.2 Å². The lowest BCUT2D eigenvalue weighted by molar-refractivity contribution is -0.116. The SMILES string of the molecule is CN1C(=O)/C(=C2\SC(=Nc3ccc(S(N)(=O)=O)cc3)NC2=O)c2ccccc21. The fourth-order valence-electron chi connectivity index (χ4n) is 2.95. The van der Waals surface area contributed by atoms with Gasteiger partial charge >= 0.3 is 0 Å². The number of primary sulfonamides is 1. The summed E-state index contributed by atoms with van der Waals surface area (Å²) in [5.74, 6) is -0.657. The average molecular weight is 414 g/mol. The number of hydrogen-bond acceptors (Lipinski definition) is 6. The largest absolute Gasteiger partial charge is 0.311 e. The van der Waals surface area contributed by atoms with Gasteiger partial charge in [0.2, 0.25) is 10.0 Å². The van der Waals surface area contributed by atoms with Crippen molar-refractivity contribution < 1.29 is 18.0 Å². The molecule has 1 saturated heterocycles. The summed E-state index contributed by atoms with van der Waals surface area (Å²) in [7, 11) is -2.13. The Kier molecular flexibility index (Phi) is 4.33. The van der Waals surface area contributed by atoms with E-state index in [-0.39, 0.29) is 15.7 Å². The van der Waals surface area contributed by atoms with Crippen molar-refractivity contribution in [1.29, 1.82) is 0 Å². The van der Waals surface area contributed by atoms with Crippen LogP contribution in [-0.2, 0) is 19.6 Å². The van der Waals surface area contributed by atoms with Crippen LogP contribution in [0.4, 0.5) is 11.4 Å². The van der Waals surface area contributed by atoms with E-state index in [9.17, 15) is 18.0 Å². The third kappa shape index (κ3) is 3.11. The van der Waals surface area contributed by atoms with Crippen molar-refractivity contribution in [3.05, 3.63) is 59.0 Å². The Labute approximate surface area is 165 Å². The molecule has 0 bridgehead atoms. The third-order valence-corrected chi connectivity index (χ3v) is 6.21. The van der Waals surface area contributed by atoms with E-state index >= 15 is 0 Å². The first-order valence-corrected chi connectivity index (χ1v) is 10.4. The van der Waals surface area contributed by atoms with Crippen molar-refractivity contribution in [3.63, 3.8) is 0 Å². The number of amidine groups is 1. The molecule has 4 rings (SSSR count). The molecule has 0 unspecified atom stereocenters. The molecule has 2 amide bonds. The van der Waals surface area contributed by atoms with E-state index in [2.05, 4.69) is 10.3 Å². The molecule has 2 aliphatic rings. The molecule has 28 heavy (non-hydrogen) atoms. The molecule has 0 spiro atoms. The molecule has 2 aromatic carbocycles. The van der Waals surface area contributed by atoms with Crippen molar-refractivity contribution in [2.75, 3.05) is 11.9 Å². The van der Waals surface area contributed by atoms with Crippen LogP contribution >= 0.6 is 11.8 Å². The molecule has 2 aliphatic heterocycles. The van der Waals surface area contributed by atoms with Gasteiger partial charge in [0.25, 0.3) is 11.8 Å². The molecule has 8 nitrogen and oxygen atoms in total. The van der Waals surface area contributed by atoms with Crippen LogP contribution < -0.4 is 15.4 Å². The predicted molar refractivity (Wildman–Crippen MR) is 107 cm³/mol. The zero-order chi connectivity index (χ0) is 20.1. The van der Waals surface area contributed by atoms with Gasteiger partial charge < -0.3 is 10.2 Å². The zero-order valence-corrected chi connectivity index (χ0v) is 16.2. The molecule has 2 aromatic rings. The molecule has 142 valence electrons. The number of nitrogens with two attached hydrogens (primary N) is 1. The van der Waals surface area contributed by atoms with E-state index in [0.717, 1.165) is 17.4 Å². The number of anilines is 1. The maximum atomic E-state index is 12.7. The number of aliphatic imine (C=N–C) groups is 1. The highest BCUT2D eigenvalue weighted by Crippen LogP contribution is 2.42. The van der Waals surface area contributed by atoms with Gasteiger partial charge in [-0.25, -0.2) is 18.5 Å². The van der Waals surface area contributed by atoms with Crippen molar-refractivity contribution >= 4 is 55.7 Å². The summed E-state index contributed by atoms with van der Waals surface area (Å²) in [6.07, 6.45) is 0. The smallest absolute Gasteiger partial charge is 0.264 e. The monoisotopic (exact) mass is 414 g/mol. The Morgan fingerprint density at radius 1 is 1.07 bits per heavy atom. The Balaban J connectivity index is 1.69. The van der Waals surface area contributed by atoms with Crippen LogP contribution in [0.25, 0.3) is 5.57 Å². The van der Waals surface area contributed by atoms with E-state index < -0.39 is 15.9 Å². The maximum Gasteiger partial charge on any atom is 0.264 e. The van der Waals surface area contributed by atoms with Crippen molar-refractivity contribution in [2.24, 2.45) is 10.1 Å². The molecule has 3 N–H and O–H groups in total. The molecule has 0 saturated carbocycles. The summed E-state index contributed by atoms with van der Waals surface area (Å²) in [5, 5.41) is 8.02. The fourth-order valence-corrected chi connectivity index (χ4v) is 4.40. The quantitative estimate of drug-likeness (QED) is 0.723. The number of carbonyl (C=O) groups excluding carboxylic acids is 2. The van der Waals surface area contributed by atoms with Crippen LogP contribution in [0.5, 0.6) is 0 Å². The number of benzene rings is 2. The minimum absolute atomic E-state index is 0.0291. The van der Waals surface area contributed by atoms with Crippen LogP contribution in [0.3, 0.4) is 0 Å². The second kappa shape index (κ2) is 6.59. The number of thioether (sulfide) groups is 1. The Hall–Kier alpha value is -2.95. The Morgan fingerprint density at radius 2 is 1.75 bits per heavy atom. The third-order valence-electron chi connectivity index (χ3n) is 4.30. The first-order chi connectivity index (χ1) is 13.3. The highest BCUT2D eigenvalue weighted by molar-refractivity contribution is 8.18. The summed E-state index contributed by atoms with van der Waals surface area (Å²) >= 11 is 1.07. The van der Waals surface area contributed by atoms with Gasteiger partial charge in [-0.15, -0.1) is 0 Å². The van der Waals surface area contributed by atoms with Crippen LogP contribution in [0.2, 0.25) is 0 Å². The number of hydrogen-bond donors (Lipinski definition) is 2. The van der Waals surface area contributed by atoms with Gasteiger partial charge in [-0.3, -0.25) is 9.59 Å². The topological polar surface area (TPSA) is 122 Å². The number of nitrogens with zero attached hydrogens (tertiary/aromatic N) is 2. The molecular weight excluding hydrogens is 400 g/mol. The molecule has 0 aliphatic carbocycles. The average Bonchev–Trinajstić information content (AvgIpc) is 3.12. The number of sulfonamides is 1. The number of rotatable bonds is 2. The lowest BCUT2D eigenvalue weighted by Gasteiger charge is -2.08. The van der Waals surface area contributed by atoms with Gasteiger partial charge in [0.1, 0.15) is 0 Å². The lowest BCUT2D eigenvalue weighted by atomic mass is 10.1. The van der Waals surface area contributed by atoms with Gasteiger partial charge in [0.05, 0.1) is 26.7 Å². The number of likely N-dealkylation sites (N-methyl/N-ethyl adjacent to an activating group) is 1. The number of nitrogens with one attached hydrogen (secondary N) is 1. The van der Waals surface area contributed by atoms with Crippen molar-refractivity contribution in [2.45, 2.75) is 4.90 Å². The Morgan fingerprint density at radius 3 is 2.43 bits per heavy atom. The van der Waals surface area contributed by atoms with Crippen molar-refractivity contribution in [3.8, 4) is 0 Å². The number of carbonyl (C=O) groups is 2. The van der Waals surface area contributed by atoms with E-state index in [1.54, 1.807) is 13.1 Å². The maximum absolute atomic E-state index is 12.7. The number of amides is 2. The highest BCUT2D eigenvalue weighted by Gasteiger charge is 2.37. The molecule has 0 aromatic heterocycles. The second-order valence-corrected chi connectivity index (χ2v) is 8.66. The van der Waals surface area contributed by atoms with E-state index in [0.29, 0.717) is 22.0 Å². The summed E-state index contributed by atoms with van der Waals surface area (Å²) in [5.41, 5.74) is 2.23. The van der Waals surface area contributed by atoms with Gasteiger partial charge in [-0.05, 0) is 42.1 Å². The molecule has 0 atom stereocenters. The van der Waals surface area contributed by atoms with Crippen LogP contribution in [0.1, 0.15) is 5.56 Å². The first kappa shape index (κ1) is 18.4. The summed E-state index contributed by atoms with van der Waals surface area (Å²) in [6.45, 7) is 0.